The fraction of sp³-hybridized carbons (Fsp3) is 0.278. The highest BCUT2D eigenvalue weighted by Crippen LogP contribution is 2.16. The van der Waals surface area contributed by atoms with Gasteiger partial charge in [0.05, 0.1) is 5.56 Å². The molecule has 0 fully saturated rings. The number of aromatic nitrogens is 1. The molecule has 132 valence electrons. The molecule has 5 nitrogen and oxygen atoms in total. The summed E-state index contributed by atoms with van der Waals surface area (Å²) in [6, 6.07) is 10.2. The summed E-state index contributed by atoms with van der Waals surface area (Å²) in [5.74, 6) is -1.13. The second-order valence-corrected chi connectivity index (χ2v) is 6.20. The van der Waals surface area contributed by atoms with Crippen molar-refractivity contribution in [3.8, 4) is 0 Å². The molecule has 0 aliphatic carbocycles. The lowest BCUT2D eigenvalue weighted by atomic mass is 10.1. The van der Waals surface area contributed by atoms with Crippen molar-refractivity contribution in [3.63, 3.8) is 0 Å². The molecule has 0 unspecified atom stereocenters. The largest absolute Gasteiger partial charge is 0.452 e. The first-order chi connectivity index (χ1) is 12.0. The molecule has 0 bridgehead atoms. The Morgan fingerprint density at radius 3 is 2.36 bits per heavy atom. The van der Waals surface area contributed by atoms with Crippen molar-refractivity contribution in [1.29, 1.82) is 0 Å². The maximum atomic E-state index is 11.9. The zero-order valence-corrected chi connectivity index (χ0v) is 15.2. The van der Waals surface area contributed by atoms with Crippen LogP contribution in [0.3, 0.4) is 0 Å². The number of rotatable bonds is 7. The SMILES string of the molecule is CCCCc1ccc(NC(=O)COC(=O)c2cc(Cl)nc(Cl)c2)cc1. The van der Waals surface area contributed by atoms with Crippen molar-refractivity contribution in [2.75, 3.05) is 11.9 Å². The van der Waals surface area contributed by atoms with Gasteiger partial charge in [-0.3, -0.25) is 4.79 Å². The van der Waals surface area contributed by atoms with Gasteiger partial charge in [-0.05, 0) is 42.7 Å². The molecule has 1 heterocycles. The van der Waals surface area contributed by atoms with Crippen LogP contribution < -0.4 is 5.32 Å². The zero-order chi connectivity index (χ0) is 18.2. The third kappa shape index (κ3) is 6.36. The van der Waals surface area contributed by atoms with Gasteiger partial charge in [-0.15, -0.1) is 0 Å². The summed E-state index contributed by atoms with van der Waals surface area (Å²) < 4.78 is 4.95. The Kier molecular flexibility index (Phi) is 7.22. The molecule has 0 aliphatic heterocycles. The van der Waals surface area contributed by atoms with E-state index < -0.39 is 18.5 Å². The molecular formula is C18H18Cl2N2O3. The summed E-state index contributed by atoms with van der Waals surface area (Å²) in [6.45, 7) is 1.73. The van der Waals surface area contributed by atoms with Crippen molar-refractivity contribution in [2.45, 2.75) is 26.2 Å². The average Bonchev–Trinajstić information content (AvgIpc) is 2.58. The van der Waals surface area contributed by atoms with Gasteiger partial charge in [0.2, 0.25) is 0 Å². The normalized spacial score (nSPS) is 10.4. The highest BCUT2D eigenvalue weighted by Gasteiger charge is 2.12. The molecular weight excluding hydrogens is 363 g/mol. The highest BCUT2D eigenvalue weighted by molar-refractivity contribution is 6.32. The topological polar surface area (TPSA) is 68.3 Å². The number of unbranched alkanes of at least 4 members (excludes halogenated alkanes) is 1. The number of hydrogen-bond acceptors (Lipinski definition) is 4. The van der Waals surface area contributed by atoms with Gasteiger partial charge in [0.1, 0.15) is 10.3 Å². The van der Waals surface area contributed by atoms with Gasteiger partial charge < -0.3 is 10.1 Å². The summed E-state index contributed by atoms with van der Waals surface area (Å²) in [4.78, 5) is 27.5. The molecule has 1 aromatic carbocycles. The second kappa shape index (κ2) is 9.39. The molecule has 0 saturated heterocycles. The number of pyridine rings is 1. The third-order valence-corrected chi connectivity index (χ3v) is 3.78. The fourth-order valence-corrected chi connectivity index (χ4v) is 2.59. The van der Waals surface area contributed by atoms with Gasteiger partial charge in [0, 0.05) is 5.69 Å². The van der Waals surface area contributed by atoms with Crippen LogP contribution in [0.15, 0.2) is 36.4 Å². The molecule has 0 radical (unpaired) electrons. The van der Waals surface area contributed by atoms with Crippen LogP contribution in [0.1, 0.15) is 35.7 Å². The Balaban J connectivity index is 1.84. The molecule has 1 N–H and O–H groups in total. The maximum Gasteiger partial charge on any atom is 0.338 e. The van der Waals surface area contributed by atoms with Crippen molar-refractivity contribution < 1.29 is 14.3 Å². The molecule has 7 heteroatoms. The number of hydrogen-bond donors (Lipinski definition) is 1. The van der Waals surface area contributed by atoms with Crippen molar-refractivity contribution in [2.24, 2.45) is 0 Å². The first-order valence-corrected chi connectivity index (χ1v) is 8.62. The molecule has 25 heavy (non-hydrogen) atoms. The fourth-order valence-electron chi connectivity index (χ4n) is 2.13. The van der Waals surface area contributed by atoms with Crippen LogP contribution in [0.25, 0.3) is 0 Å². The summed E-state index contributed by atoms with van der Waals surface area (Å²) in [5.41, 5.74) is 2.01. The quantitative estimate of drug-likeness (QED) is 0.565. The molecule has 0 saturated carbocycles. The standard InChI is InChI=1S/C18H18Cl2N2O3/c1-2-3-4-12-5-7-14(8-6-12)21-17(23)11-25-18(24)13-9-15(19)22-16(20)10-13/h5-10H,2-4,11H2,1H3,(H,21,23). The van der Waals surface area contributed by atoms with Gasteiger partial charge in [0.15, 0.2) is 6.61 Å². The number of nitrogens with zero attached hydrogens (tertiary/aromatic N) is 1. The number of halogens is 2. The first kappa shape index (κ1) is 19.2. The Morgan fingerprint density at radius 2 is 1.76 bits per heavy atom. The lowest BCUT2D eigenvalue weighted by Gasteiger charge is -2.08. The summed E-state index contributed by atoms with van der Waals surface area (Å²) >= 11 is 11.5. The van der Waals surface area contributed by atoms with Crippen LogP contribution in [0, 0.1) is 0 Å². The summed E-state index contributed by atoms with van der Waals surface area (Å²) in [6.07, 6.45) is 3.28. The van der Waals surface area contributed by atoms with Crippen molar-refractivity contribution in [3.05, 3.63) is 57.8 Å². The third-order valence-electron chi connectivity index (χ3n) is 3.39. The molecule has 2 aromatic rings. The van der Waals surface area contributed by atoms with Gasteiger partial charge in [0.25, 0.3) is 5.91 Å². The zero-order valence-electron chi connectivity index (χ0n) is 13.7. The number of ether oxygens (including phenoxy) is 1. The minimum atomic E-state index is -0.698. The molecule has 0 aliphatic rings. The van der Waals surface area contributed by atoms with Gasteiger partial charge >= 0.3 is 5.97 Å². The first-order valence-electron chi connectivity index (χ1n) is 7.87. The summed E-state index contributed by atoms with van der Waals surface area (Å²) in [7, 11) is 0. The minimum Gasteiger partial charge on any atom is -0.452 e. The summed E-state index contributed by atoms with van der Waals surface area (Å²) in [5, 5.41) is 2.83. The van der Waals surface area contributed by atoms with E-state index in [0.29, 0.717) is 5.69 Å². The monoisotopic (exact) mass is 380 g/mol. The Bertz CT molecular complexity index is 728. The van der Waals surface area contributed by atoms with Crippen LogP contribution in [-0.4, -0.2) is 23.5 Å². The van der Waals surface area contributed by atoms with Crippen LogP contribution in [0.2, 0.25) is 10.3 Å². The predicted octanol–water partition coefficient (Wildman–Crippen LogP) is 4.53. The Labute approximate surface area is 156 Å². The van der Waals surface area contributed by atoms with E-state index in [1.807, 2.05) is 24.3 Å². The van der Waals surface area contributed by atoms with E-state index in [2.05, 4.69) is 17.2 Å². The number of amides is 1. The minimum absolute atomic E-state index is 0.0760. The number of carbonyl (C=O) groups excluding carboxylic acids is 2. The predicted molar refractivity (Wildman–Crippen MR) is 98.2 cm³/mol. The van der Waals surface area contributed by atoms with Gasteiger partial charge in [-0.25, -0.2) is 9.78 Å². The van der Waals surface area contributed by atoms with E-state index in [-0.39, 0.29) is 15.9 Å². The number of esters is 1. The average molecular weight is 381 g/mol. The van der Waals surface area contributed by atoms with Gasteiger partial charge in [-0.2, -0.15) is 0 Å². The van der Waals surface area contributed by atoms with Crippen molar-refractivity contribution >= 4 is 40.8 Å². The van der Waals surface area contributed by atoms with Crippen LogP contribution in [0.4, 0.5) is 5.69 Å². The second-order valence-electron chi connectivity index (χ2n) is 5.43. The lowest BCUT2D eigenvalue weighted by molar-refractivity contribution is -0.119. The van der Waals surface area contributed by atoms with E-state index in [4.69, 9.17) is 27.9 Å². The van der Waals surface area contributed by atoms with Crippen molar-refractivity contribution in [1.82, 2.24) is 4.98 Å². The van der Waals surface area contributed by atoms with E-state index in [0.717, 1.165) is 19.3 Å². The van der Waals surface area contributed by atoms with E-state index in [9.17, 15) is 9.59 Å². The van der Waals surface area contributed by atoms with Crippen LogP contribution in [-0.2, 0) is 16.0 Å². The smallest absolute Gasteiger partial charge is 0.338 e. The molecule has 1 aromatic heterocycles. The molecule has 0 spiro atoms. The number of benzene rings is 1. The van der Waals surface area contributed by atoms with E-state index >= 15 is 0 Å². The van der Waals surface area contributed by atoms with E-state index in [1.54, 1.807) is 0 Å². The molecule has 2 rings (SSSR count). The number of aryl methyl sites for hydroxylation is 1. The maximum absolute atomic E-state index is 11.9. The lowest BCUT2D eigenvalue weighted by Crippen LogP contribution is -2.21. The number of carbonyl (C=O) groups is 2. The Morgan fingerprint density at radius 1 is 1.12 bits per heavy atom. The number of nitrogens with one attached hydrogen (secondary N) is 1. The van der Waals surface area contributed by atoms with Crippen LogP contribution >= 0.6 is 23.2 Å². The van der Waals surface area contributed by atoms with E-state index in [1.165, 1.54) is 17.7 Å². The molecule has 0 atom stereocenters. The Hall–Kier alpha value is -2.11. The molecule has 1 amide bonds. The highest BCUT2D eigenvalue weighted by atomic mass is 35.5. The van der Waals surface area contributed by atoms with Gasteiger partial charge in [-0.1, -0.05) is 48.7 Å². The number of anilines is 1. The van der Waals surface area contributed by atoms with Crippen LogP contribution in [0.5, 0.6) is 0 Å².